The van der Waals surface area contributed by atoms with Gasteiger partial charge in [-0.2, -0.15) is 4.98 Å². The molecule has 0 amide bonds. The molecule has 1 saturated heterocycles. The van der Waals surface area contributed by atoms with E-state index < -0.39 is 0 Å². The molecule has 1 aliphatic rings. The molecule has 2 aromatic heterocycles. The molecule has 0 radical (unpaired) electrons. The maximum atomic E-state index is 9.36. The number of oxazole rings is 1. The van der Waals surface area contributed by atoms with Crippen LogP contribution in [0.2, 0.25) is 0 Å². The Kier molecular flexibility index (Phi) is 4.42. The largest absolute Gasteiger partial charge is 0.423 e. The number of aliphatic hydroxyl groups is 1. The van der Waals surface area contributed by atoms with Gasteiger partial charge in [0, 0.05) is 26.1 Å². The Balaban J connectivity index is 1.60. The molecule has 0 saturated carbocycles. The van der Waals surface area contributed by atoms with Crippen molar-refractivity contribution in [3.8, 4) is 0 Å². The number of anilines is 1. The van der Waals surface area contributed by atoms with E-state index in [9.17, 15) is 5.11 Å². The number of hydrogen-bond acceptors (Lipinski definition) is 6. The summed E-state index contributed by atoms with van der Waals surface area (Å²) in [6, 6.07) is 6.93. The lowest BCUT2D eigenvalue weighted by Crippen LogP contribution is -2.35. The van der Waals surface area contributed by atoms with Crippen molar-refractivity contribution >= 4 is 17.1 Å². The van der Waals surface area contributed by atoms with Crippen LogP contribution in [0.15, 0.2) is 22.6 Å². The highest BCUT2D eigenvalue weighted by molar-refractivity contribution is 5.75. The van der Waals surface area contributed by atoms with E-state index in [1.807, 2.05) is 17.7 Å². The highest BCUT2D eigenvalue weighted by Crippen LogP contribution is 2.32. The van der Waals surface area contributed by atoms with Gasteiger partial charge in [-0.1, -0.05) is 26.8 Å². The lowest BCUT2D eigenvalue weighted by molar-refractivity contribution is 0.266. The van der Waals surface area contributed by atoms with E-state index >= 15 is 0 Å². The first-order valence-electron chi connectivity index (χ1n) is 9.52. The van der Waals surface area contributed by atoms with Crippen LogP contribution in [0.3, 0.4) is 0 Å². The van der Waals surface area contributed by atoms with Gasteiger partial charge in [-0.25, -0.2) is 0 Å². The standard InChI is InChI=1S/C20H27N5O2/c1-20(2,3)14-7-8-16-15(10-14)21-19(27-16)25-9-5-6-13(11-25)18-23-22-17(12-26)24(18)4/h7-8,10,13,26H,5-6,9,11-12H2,1-4H3. The van der Waals surface area contributed by atoms with Crippen LogP contribution in [0.1, 0.15) is 56.7 Å². The Bertz CT molecular complexity index is 953. The van der Waals surface area contributed by atoms with Crippen LogP contribution in [0.25, 0.3) is 11.1 Å². The number of hydrogen-bond donors (Lipinski definition) is 1. The third-order valence-electron chi connectivity index (χ3n) is 5.44. The second-order valence-corrected chi connectivity index (χ2v) is 8.41. The van der Waals surface area contributed by atoms with Crippen LogP contribution in [-0.2, 0) is 19.1 Å². The highest BCUT2D eigenvalue weighted by atomic mass is 16.4. The molecule has 1 aliphatic heterocycles. The molecule has 0 aliphatic carbocycles. The van der Waals surface area contributed by atoms with Crippen LogP contribution >= 0.6 is 0 Å². The smallest absolute Gasteiger partial charge is 0.298 e. The van der Waals surface area contributed by atoms with Crippen molar-refractivity contribution in [1.29, 1.82) is 0 Å². The lowest BCUT2D eigenvalue weighted by atomic mass is 9.87. The molecule has 7 heteroatoms. The van der Waals surface area contributed by atoms with Gasteiger partial charge in [0.15, 0.2) is 11.4 Å². The van der Waals surface area contributed by atoms with E-state index in [-0.39, 0.29) is 17.9 Å². The molecule has 27 heavy (non-hydrogen) atoms. The summed E-state index contributed by atoms with van der Waals surface area (Å²) < 4.78 is 7.95. The fraction of sp³-hybridized carbons (Fsp3) is 0.550. The molecule has 0 spiro atoms. The number of aromatic nitrogens is 4. The van der Waals surface area contributed by atoms with Gasteiger partial charge in [0.25, 0.3) is 6.01 Å². The van der Waals surface area contributed by atoms with Crippen molar-refractivity contribution in [2.45, 2.75) is 51.6 Å². The van der Waals surface area contributed by atoms with Crippen LogP contribution in [-0.4, -0.2) is 37.9 Å². The summed E-state index contributed by atoms with van der Waals surface area (Å²) in [5.41, 5.74) is 3.06. The normalized spacial score (nSPS) is 18.4. The quantitative estimate of drug-likeness (QED) is 0.764. The highest BCUT2D eigenvalue weighted by Gasteiger charge is 2.28. The van der Waals surface area contributed by atoms with Gasteiger partial charge in [-0.3, -0.25) is 0 Å². The predicted molar refractivity (Wildman–Crippen MR) is 104 cm³/mol. The van der Waals surface area contributed by atoms with Crippen molar-refractivity contribution in [3.05, 3.63) is 35.4 Å². The van der Waals surface area contributed by atoms with E-state index in [1.165, 1.54) is 5.56 Å². The number of benzene rings is 1. The Hall–Kier alpha value is -2.41. The SMILES string of the molecule is Cn1c(CO)nnc1C1CCCN(c2nc3cc(C(C)(C)C)ccc3o2)C1. The van der Waals surface area contributed by atoms with E-state index in [4.69, 9.17) is 9.40 Å². The molecule has 3 heterocycles. The molecule has 144 valence electrons. The number of rotatable bonds is 3. The summed E-state index contributed by atoms with van der Waals surface area (Å²) in [4.78, 5) is 6.95. The van der Waals surface area contributed by atoms with Gasteiger partial charge in [0.1, 0.15) is 17.9 Å². The first-order valence-corrected chi connectivity index (χ1v) is 9.52. The van der Waals surface area contributed by atoms with Crippen molar-refractivity contribution in [3.63, 3.8) is 0 Å². The van der Waals surface area contributed by atoms with Gasteiger partial charge < -0.3 is 19.0 Å². The zero-order chi connectivity index (χ0) is 19.2. The van der Waals surface area contributed by atoms with Crippen molar-refractivity contribution in [1.82, 2.24) is 19.7 Å². The van der Waals surface area contributed by atoms with Crippen LogP contribution < -0.4 is 4.90 Å². The van der Waals surface area contributed by atoms with Gasteiger partial charge in [0.2, 0.25) is 0 Å². The van der Waals surface area contributed by atoms with Crippen molar-refractivity contribution < 1.29 is 9.52 Å². The van der Waals surface area contributed by atoms with Gasteiger partial charge >= 0.3 is 0 Å². The Morgan fingerprint density at radius 3 is 2.78 bits per heavy atom. The molecule has 7 nitrogen and oxygen atoms in total. The van der Waals surface area contributed by atoms with Crippen LogP contribution in [0.5, 0.6) is 0 Å². The number of piperidine rings is 1. The van der Waals surface area contributed by atoms with E-state index in [0.29, 0.717) is 11.8 Å². The number of nitrogens with zero attached hydrogens (tertiary/aromatic N) is 5. The molecular weight excluding hydrogens is 342 g/mol. The maximum Gasteiger partial charge on any atom is 0.298 e. The van der Waals surface area contributed by atoms with E-state index in [0.717, 1.165) is 42.9 Å². The Morgan fingerprint density at radius 2 is 2.07 bits per heavy atom. The predicted octanol–water partition coefficient (Wildman–Crippen LogP) is 3.13. The molecular formula is C20H27N5O2. The number of fused-ring (bicyclic) bond motifs is 1. The average molecular weight is 369 g/mol. The molecule has 0 bridgehead atoms. The second-order valence-electron chi connectivity index (χ2n) is 8.41. The Labute approximate surface area is 159 Å². The van der Waals surface area contributed by atoms with Crippen molar-refractivity contribution in [2.75, 3.05) is 18.0 Å². The van der Waals surface area contributed by atoms with Gasteiger partial charge in [-0.05, 0) is 36.0 Å². The molecule has 4 rings (SSSR count). The fourth-order valence-corrected chi connectivity index (χ4v) is 3.75. The molecule has 1 unspecified atom stereocenters. The summed E-state index contributed by atoms with van der Waals surface area (Å²) >= 11 is 0. The summed E-state index contributed by atoms with van der Waals surface area (Å²) in [5, 5.41) is 17.7. The molecule has 1 N–H and O–H groups in total. The maximum absolute atomic E-state index is 9.36. The fourth-order valence-electron chi connectivity index (χ4n) is 3.75. The van der Waals surface area contributed by atoms with E-state index in [2.05, 4.69) is 48.0 Å². The van der Waals surface area contributed by atoms with Gasteiger partial charge in [-0.15, -0.1) is 10.2 Å². The zero-order valence-electron chi connectivity index (χ0n) is 16.4. The first-order chi connectivity index (χ1) is 12.9. The summed E-state index contributed by atoms with van der Waals surface area (Å²) in [5.74, 6) is 1.75. The van der Waals surface area contributed by atoms with Crippen LogP contribution in [0.4, 0.5) is 6.01 Å². The summed E-state index contributed by atoms with van der Waals surface area (Å²) in [6.45, 7) is 8.21. The summed E-state index contributed by atoms with van der Waals surface area (Å²) in [7, 11) is 1.91. The first kappa shape index (κ1) is 18.0. The molecule has 3 aromatic rings. The second kappa shape index (κ2) is 6.64. The average Bonchev–Trinajstić information content (AvgIpc) is 3.23. The minimum absolute atomic E-state index is 0.0825. The van der Waals surface area contributed by atoms with Crippen LogP contribution in [0, 0.1) is 0 Å². The lowest BCUT2D eigenvalue weighted by Gasteiger charge is -2.30. The minimum atomic E-state index is -0.0961. The van der Waals surface area contributed by atoms with Crippen molar-refractivity contribution in [2.24, 2.45) is 7.05 Å². The summed E-state index contributed by atoms with van der Waals surface area (Å²) in [6.07, 6.45) is 2.08. The monoisotopic (exact) mass is 369 g/mol. The van der Waals surface area contributed by atoms with E-state index in [1.54, 1.807) is 0 Å². The third kappa shape index (κ3) is 3.32. The Morgan fingerprint density at radius 1 is 1.26 bits per heavy atom. The topological polar surface area (TPSA) is 80.2 Å². The van der Waals surface area contributed by atoms with Gasteiger partial charge in [0.05, 0.1) is 0 Å². The minimum Gasteiger partial charge on any atom is -0.423 e. The molecule has 1 fully saturated rings. The third-order valence-corrected chi connectivity index (χ3v) is 5.44. The number of aliphatic hydroxyl groups excluding tert-OH is 1. The molecule has 1 aromatic carbocycles. The zero-order valence-corrected chi connectivity index (χ0v) is 16.4. The molecule has 1 atom stereocenters.